The summed E-state index contributed by atoms with van der Waals surface area (Å²) >= 11 is 5.53. The van der Waals surface area contributed by atoms with Crippen molar-refractivity contribution in [1.29, 1.82) is 5.26 Å². The minimum absolute atomic E-state index is 0.119. The third kappa shape index (κ3) is 1.57. The van der Waals surface area contributed by atoms with Gasteiger partial charge in [0.05, 0.1) is 6.07 Å². The van der Waals surface area contributed by atoms with Crippen molar-refractivity contribution in [2.24, 2.45) is 17.8 Å². The van der Waals surface area contributed by atoms with Crippen LogP contribution >= 0.6 is 11.8 Å². The predicted octanol–water partition coefficient (Wildman–Crippen LogP) is 2.06. The zero-order valence-electron chi connectivity index (χ0n) is 6.96. The first-order valence-electron chi connectivity index (χ1n) is 4.62. The summed E-state index contributed by atoms with van der Waals surface area (Å²) in [5.74, 6) is 2.11. The highest BCUT2D eigenvalue weighted by molar-refractivity contribution is 6.13. The van der Waals surface area contributed by atoms with Crippen LogP contribution in [-0.4, -0.2) is 6.04 Å². The number of rotatable bonds is 4. The fourth-order valence-electron chi connectivity index (χ4n) is 2.07. The molecule has 0 aromatic carbocycles. The van der Waals surface area contributed by atoms with E-state index in [4.69, 9.17) is 17.0 Å². The highest BCUT2D eigenvalue weighted by Crippen LogP contribution is 2.50. The van der Waals surface area contributed by atoms with E-state index in [9.17, 15) is 0 Å². The largest absolute Gasteiger partial charge is 0.216 e. The van der Waals surface area contributed by atoms with E-state index >= 15 is 0 Å². The van der Waals surface area contributed by atoms with E-state index < -0.39 is 0 Å². The van der Waals surface area contributed by atoms with Crippen LogP contribution in [0.2, 0.25) is 0 Å². The van der Waals surface area contributed by atoms with Crippen LogP contribution in [0, 0.1) is 29.1 Å². The molecule has 12 heavy (non-hydrogen) atoms. The second-order valence-corrected chi connectivity index (χ2v) is 4.19. The van der Waals surface area contributed by atoms with E-state index in [2.05, 4.69) is 10.9 Å². The molecule has 1 atom stereocenters. The highest BCUT2D eigenvalue weighted by atomic mass is 35.5. The molecule has 3 heteroatoms. The van der Waals surface area contributed by atoms with Crippen molar-refractivity contribution in [2.45, 2.75) is 31.7 Å². The van der Waals surface area contributed by atoms with Crippen molar-refractivity contribution < 1.29 is 0 Å². The van der Waals surface area contributed by atoms with Gasteiger partial charge in [0, 0.05) is 0 Å². The monoisotopic (exact) mass is 184 g/mol. The van der Waals surface area contributed by atoms with Crippen LogP contribution in [0.1, 0.15) is 25.7 Å². The Morgan fingerprint density at radius 3 is 2.00 bits per heavy atom. The van der Waals surface area contributed by atoms with Crippen molar-refractivity contribution in [2.75, 3.05) is 0 Å². The Hall–Kier alpha value is -0.260. The van der Waals surface area contributed by atoms with Crippen LogP contribution in [0.25, 0.3) is 0 Å². The summed E-state index contributed by atoms with van der Waals surface area (Å²) < 4.78 is 0. The van der Waals surface area contributed by atoms with Gasteiger partial charge in [0.15, 0.2) is 0 Å². The zero-order chi connectivity index (χ0) is 8.55. The summed E-state index contributed by atoms with van der Waals surface area (Å²) in [7, 11) is 0. The Morgan fingerprint density at radius 2 is 1.75 bits per heavy atom. The van der Waals surface area contributed by atoms with Gasteiger partial charge in [-0.25, -0.2) is 4.84 Å². The summed E-state index contributed by atoms with van der Waals surface area (Å²) in [6.45, 7) is 0. The van der Waals surface area contributed by atoms with Crippen molar-refractivity contribution in [1.82, 2.24) is 4.84 Å². The normalized spacial score (nSPS) is 25.4. The molecule has 2 fully saturated rings. The molecule has 0 heterocycles. The molecule has 1 N–H and O–H groups in total. The van der Waals surface area contributed by atoms with E-state index in [0.29, 0.717) is 5.92 Å². The Morgan fingerprint density at radius 1 is 1.25 bits per heavy atom. The average molecular weight is 185 g/mol. The number of nitrogens with zero attached hydrogens (tertiary/aromatic N) is 1. The van der Waals surface area contributed by atoms with Gasteiger partial charge in [-0.1, -0.05) is 0 Å². The summed E-state index contributed by atoms with van der Waals surface area (Å²) in [6, 6.07) is 2.13. The fraction of sp³-hybridized carbons (Fsp3) is 0.889. The first-order valence-corrected chi connectivity index (χ1v) is 5.00. The molecule has 0 amide bonds. The van der Waals surface area contributed by atoms with Crippen LogP contribution in [-0.2, 0) is 0 Å². The molecule has 2 aliphatic carbocycles. The average Bonchev–Trinajstić information content (AvgIpc) is 2.92. The Bertz CT molecular complexity index is 191. The van der Waals surface area contributed by atoms with E-state index in [1.165, 1.54) is 25.7 Å². The molecule has 2 saturated carbocycles. The SMILES string of the molecule is N#C[C@@H](NCl)C(C1CC1)C1CC1. The van der Waals surface area contributed by atoms with Gasteiger partial charge in [-0.3, -0.25) is 0 Å². The second-order valence-electron chi connectivity index (χ2n) is 3.97. The Balaban J connectivity index is 1.98. The summed E-state index contributed by atoms with van der Waals surface area (Å²) in [5, 5.41) is 8.85. The lowest BCUT2D eigenvalue weighted by molar-refractivity contribution is 0.359. The molecule has 2 nitrogen and oxygen atoms in total. The van der Waals surface area contributed by atoms with Gasteiger partial charge >= 0.3 is 0 Å². The van der Waals surface area contributed by atoms with Crippen molar-refractivity contribution in [3.8, 4) is 6.07 Å². The number of halogens is 1. The van der Waals surface area contributed by atoms with Gasteiger partial charge in [0.2, 0.25) is 0 Å². The first kappa shape index (κ1) is 8.34. The molecule has 0 spiro atoms. The zero-order valence-corrected chi connectivity index (χ0v) is 7.72. The van der Waals surface area contributed by atoms with E-state index in [0.717, 1.165) is 11.8 Å². The van der Waals surface area contributed by atoms with Crippen LogP contribution in [0.15, 0.2) is 0 Å². The van der Waals surface area contributed by atoms with E-state index in [-0.39, 0.29) is 6.04 Å². The number of hydrogen-bond acceptors (Lipinski definition) is 2. The fourth-order valence-corrected chi connectivity index (χ4v) is 2.27. The molecule has 0 aromatic rings. The maximum Gasteiger partial charge on any atom is 0.112 e. The van der Waals surface area contributed by atoms with Crippen molar-refractivity contribution in [3.63, 3.8) is 0 Å². The third-order valence-electron chi connectivity index (χ3n) is 2.97. The molecular formula is C9H13ClN2. The lowest BCUT2D eigenvalue weighted by atomic mass is 9.91. The first-order chi connectivity index (χ1) is 5.86. The molecule has 0 unspecified atom stereocenters. The van der Waals surface area contributed by atoms with Gasteiger partial charge in [0.25, 0.3) is 0 Å². The Labute approximate surface area is 78.0 Å². The maximum atomic E-state index is 8.85. The number of hydrogen-bond donors (Lipinski definition) is 1. The molecule has 66 valence electrons. The smallest absolute Gasteiger partial charge is 0.112 e. The molecule has 0 saturated heterocycles. The standard InChI is InChI=1S/C9H13ClN2/c10-12-8(5-11)9(6-1-2-6)7-3-4-7/h6-9,12H,1-4H2/t8-/m1/s1. The van der Waals surface area contributed by atoms with Gasteiger partial charge in [0.1, 0.15) is 6.04 Å². The van der Waals surface area contributed by atoms with Crippen LogP contribution < -0.4 is 4.84 Å². The van der Waals surface area contributed by atoms with Crippen LogP contribution in [0.5, 0.6) is 0 Å². The minimum Gasteiger partial charge on any atom is -0.216 e. The van der Waals surface area contributed by atoms with Crippen LogP contribution in [0.4, 0.5) is 0 Å². The topological polar surface area (TPSA) is 35.8 Å². The molecule has 2 rings (SSSR count). The summed E-state index contributed by atoms with van der Waals surface area (Å²) in [5.41, 5.74) is 0. The Kier molecular flexibility index (Phi) is 2.25. The lowest BCUT2D eigenvalue weighted by Crippen LogP contribution is -2.31. The number of nitriles is 1. The van der Waals surface area contributed by atoms with Gasteiger partial charge < -0.3 is 0 Å². The summed E-state index contributed by atoms with van der Waals surface area (Å²) in [4.78, 5) is 2.61. The number of nitrogens with one attached hydrogen (secondary N) is 1. The molecular weight excluding hydrogens is 172 g/mol. The van der Waals surface area contributed by atoms with Crippen LogP contribution in [0.3, 0.4) is 0 Å². The molecule has 0 bridgehead atoms. The third-order valence-corrected chi connectivity index (χ3v) is 3.21. The lowest BCUT2D eigenvalue weighted by Gasteiger charge is -2.19. The minimum atomic E-state index is -0.119. The highest BCUT2D eigenvalue weighted by Gasteiger charge is 2.45. The molecule has 0 radical (unpaired) electrons. The van der Waals surface area contributed by atoms with Crippen molar-refractivity contribution >= 4 is 11.8 Å². The van der Waals surface area contributed by atoms with Gasteiger partial charge in [-0.05, 0) is 55.2 Å². The van der Waals surface area contributed by atoms with E-state index in [1.807, 2.05) is 0 Å². The molecule has 0 aromatic heterocycles. The van der Waals surface area contributed by atoms with Gasteiger partial charge in [-0.2, -0.15) is 5.26 Å². The quantitative estimate of drug-likeness (QED) is 0.679. The second kappa shape index (κ2) is 3.24. The summed E-state index contributed by atoms with van der Waals surface area (Å²) in [6.07, 6.45) is 5.21. The molecule has 0 aliphatic heterocycles. The van der Waals surface area contributed by atoms with E-state index in [1.54, 1.807) is 0 Å². The predicted molar refractivity (Wildman–Crippen MR) is 47.3 cm³/mol. The van der Waals surface area contributed by atoms with Gasteiger partial charge in [-0.15, -0.1) is 0 Å². The maximum absolute atomic E-state index is 8.85. The van der Waals surface area contributed by atoms with Crippen molar-refractivity contribution in [3.05, 3.63) is 0 Å². The molecule has 2 aliphatic rings.